The van der Waals surface area contributed by atoms with Crippen LogP contribution in [0.4, 0.5) is 11.4 Å². The molecule has 0 aliphatic carbocycles. The summed E-state index contributed by atoms with van der Waals surface area (Å²) < 4.78 is 5.89. The lowest BCUT2D eigenvalue weighted by Gasteiger charge is -2.43. The van der Waals surface area contributed by atoms with Gasteiger partial charge in [-0.3, -0.25) is 9.59 Å². The molecule has 5 rings (SSSR count). The fourth-order valence-corrected chi connectivity index (χ4v) is 5.02. The normalized spacial score (nSPS) is 16.5. The molecule has 4 aromatic rings. The molecule has 1 aliphatic heterocycles. The average molecular weight is 491 g/mol. The topological polar surface area (TPSA) is 49.9 Å². The third kappa shape index (κ3) is 4.98. The zero-order valence-electron chi connectivity index (χ0n) is 21.1. The Labute approximate surface area is 217 Å². The summed E-state index contributed by atoms with van der Waals surface area (Å²) in [6, 6.07) is 34.3. The minimum absolute atomic E-state index is 0.0620. The van der Waals surface area contributed by atoms with Crippen LogP contribution in [0.2, 0.25) is 0 Å². The largest absolute Gasteiger partial charge is 0.457 e. The average Bonchev–Trinajstić information content (AvgIpc) is 2.94. The fraction of sp³-hybridized carbons (Fsp3) is 0.188. The van der Waals surface area contributed by atoms with Gasteiger partial charge in [-0.25, -0.2) is 0 Å². The molecule has 2 atom stereocenters. The maximum Gasteiger partial charge on any atom is 0.258 e. The van der Waals surface area contributed by atoms with E-state index < -0.39 is 0 Å². The summed E-state index contributed by atoms with van der Waals surface area (Å²) in [5.41, 5.74) is 3.27. The first kappa shape index (κ1) is 24.3. The second-order valence-corrected chi connectivity index (χ2v) is 9.23. The molecule has 0 unspecified atom stereocenters. The summed E-state index contributed by atoms with van der Waals surface area (Å²) in [6.07, 6.45) is 1.04. The van der Waals surface area contributed by atoms with Crippen molar-refractivity contribution in [3.8, 4) is 11.5 Å². The Balaban J connectivity index is 1.45. The molecule has 2 amide bonds. The van der Waals surface area contributed by atoms with Crippen LogP contribution in [0.5, 0.6) is 11.5 Å². The quantitative estimate of drug-likeness (QED) is 0.283. The van der Waals surface area contributed by atoms with E-state index in [9.17, 15) is 9.59 Å². The van der Waals surface area contributed by atoms with Crippen LogP contribution in [0, 0.1) is 0 Å². The summed E-state index contributed by atoms with van der Waals surface area (Å²) in [7, 11) is 0. The van der Waals surface area contributed by atoms with Crippen LogP contribution in [0.25, 0.3) is 0 Å². The first-order valence-electron chi connectivity index (χ1n) is 12.7. The van der Waals surface area contributed by atoms with Crippen molar-refractivity contribution in [2.75, 3.05) is 9.80 Å². The summed E-state index contributed by atoms with van der Waals surface area (Å²) in [6.45, 7) is 3.94. The number of benzene rings is 4. The lowest BCUT2D eigenvalue weighted by Crippen LogP contribution is -2.47. The van der Waals surface area contributed by atoms with Gasteiger partial charge >= 0.3 is 0 Å². The van der Waals surface area contributed by atoms with Crippen LogP contribution in [-0.2, 0) is 4.79 Å². The van der Waals surface area contributed by atoms with E-state index in [4.69, 9.17) is 4.74 Å². The molecule has 0 N–H and O–H groups in total. The van der Waals surface area contributed by atoms with E-state index in [0.29, 0.717) is 24.2 Å². The number of rotatable bonds is 6. The predicted molar refractivity (Wildman–Crippen MR) is 147 cm³/mol. The molecule has 0 radical (unpaired) electrons. The second kappa shape index (κ2) is 10.7. The minimum atomic E-state index is -0.160. The molecular formula is C32H30N2O3. The Kier molecular flexibility index (Phi) is 7.04. The SMILES string of the molecule is CCC(=O)N(c1ccccc1)[C@@H]1C[C@H](C)N(C(=O)c2ccc(Oc3ccccc3)cc2)c2ccccc21. The van der Waals surface area contributed by atoms with E-state index in [2.05, 4.69) is 0 Å². The van der Waals surface area contributed by atoms with Crippen LogP contribution in [0.3, 0.4) is 0 Å². The number of anilines is 2. The second-order valence-electron chi connectivity index (χ2n) is 9.23. The van der Waals surface area contributed by atoms with Gasteiger partial charge in [0.05, 0.1) is 6.04 Å². The van der Waals surface area contributed by atoms with Gasteiger partial charge in [0.15, 0.2) is 0 Å². The molecule has 37 heavy (non-hydrogen) atoms. The third-order valence-corrected chi connectivity index (χ3v) is 6.78. The Morgan fingerprint density at radius 2 is 1.41 bits per heavy atom. The Bertz CT molecular complexity index is 1370. The highest BCUT2D eigenvalue weighted by Gasteiger charge is 2.38. The van der Waals surface area contributed by atoms with Gasteiger partial charge in [-0.1, -0.05) is 61.5 Å². The summed E-state index contributed by atoms with van der Waals surface area (Å²) in [5.74, 6) is 1.41. The van der Waals surface area contributed by atoms with Crippen LogP contribution < -0.4 is 14.5 Å². The van der Waals surface area contributed by atoms with E-state index in [0.717, 1.165) is 22.7 Å². The number of carbonyl (C=O) groups is 2. The van der Waals surface area contributed by atoms with Crippen molar-refractivity contribution in [1.29, 1.82) is 0 Å². The molecule has 5 nitrogen and oxygen atoms in total. The molecule has 0 saturated carbocycles. The molecule has 1 aliphatic rings. The van der Waals surface area contributed by atoms with E-state index in [1.165, 1.54) is 0 Å². The fourth-order valence-electron chi connectivity index (χ4n) is 5.02. The summed E-state index contributed by atoms with van der Waals surface area (Å²) in [4.78, 5) is 30.7. The van der Waals surface area contributed by atoms with Crippen LogP contribution in [-0.4, -0.2) is 17.9 Å². The van der Waals surface area contributed by atoms with Crippen molar-refractivity contribution < 1.29 is 14.3 Å². The number of fused-ring (bicyclic) bond motifs is 1. The Hall–Kier alpha value is -4.38. The van der Waals surface area contributed by atoms with Crippen molar-refractivity contribution in [3.05, 3.63) is 120 Å². The first-order chi connectivity index (χ1) is 18.1. The molecule has 5 heteroatoms. The van der Waals surface area contributed by atoms with E-state index in [-0.39, 0.29) is 23.9 Å². The van der Waals surface area contributed by atoms with Crippen LogP contribution in [0.1, 0.15) is 48.7 Å². The monoisotopic (exact) mass is 490 g/mol. The maximum absolute atomic E-state index is 13.8. The highest BCUT2D eigenvalue weighted by atomic mass is 16.5. The molecule has 0 spiro atoms. The molecule has 0 bridgehead atoms. The van der Waals surface area contributed by atoms with E-state index in [1.54, 1.807) is 12.1 Å². The Morgan fingerprint density at radius 1 is 0.811 bits per heavy atom. The predicted octanol–water partition coefficient (Wildman–Crippen LogP) is 7.40. The highest BCUT2D eigenvalue weighted by molar-refractivity contribution is 6.07. The van der Waals surface area contributed by atoms with E-state index >= 15 is 0 Å². The summed E-state index contributed by atoms with van der Waals surface area (Å²) >= 11 is 0. The van der Waals surface area contributed by atoms with Gasteiger partial charge in [0, 0.05) is 29.4 Å². The van der Waals surface area contributed by atoms with Crippen molar-refractivity contribution in [2.45, 2.75) is 38.8 Å². The number of amides is 2. The molecule has 186 valence electrons. The number of hydrogen-bond acceptors (Lipinski definition) is 3. The molecule has 0 aromatic heterocycles. The molecule has 0 saturated heterocycles. The van der Waals surface area contributed by atoms with Gasteiger partial charge in [-0.05, 0) is 73.5 Å². The van der Waals surface area contributed by atoms with Crippen molar-refractivity contribution in [1.82, 2.24) is 0 Å². The standard InChI is InChI=1S/C32H30N2O3/c1-3-31(35)34(25-12-6-4-7-13-25)30-22-23(2)33(29-17-11-10-16-28(29)30)32(36)24-18-20-27(21-19-24)37-26-14-8-5-9-15-26/h4-21,23,30H,3,22H2,1-2H3/t23-,30+/m0/s1. The van der Waals surface area contributed by atoms with Crippen molar-refractivity contribution in [3.63, 3.8) is 0 Å². The van der Waals surface area contributed by atoms with Crippen molar-refractivity contribution >= 4 is 23.2 Å². The van der Waals surface area contributed by atoms with Gasteiger partial charge in [-0.15, -0.1) is 0 Å². The molecule has 1 heterocycles. The van der Waals surface area contributed by atoms with Gasteiger partial charge < -0.3 is 14.5 Å². The van der Waals surface area contributed by atoms with Gasteiger partial charge in [0.1, 0.15) is 11.5 Å². The molecular weight excluding hydrogens is 460 g/mol. The van der Waals surface area contributed by atoms with Gasteiger partial charge in [0.25, 0.3) is 5.91 Å². The Morgan fingerprint density at radius 3 is 2.08 bits per heavy atom. The highest BCUT2D eigenvalue weighted by Crippen LogP contribution is 2.43. The maximum atomic E-state index is 13.8. The van der Waals surface area contributed by atoms with Gasteiger partial charge in [-0.2, -0.15) is 0 Å². The third-order valence-electron chi connectivity index (χ3n) is 6.78. The zero-order valence-corrected chi connectivity index (χ0v) is 21.1. The zero-order chi connectivity index (χ0) is 25.8. The molecule has 0 fully saturated rings. The lowest BCUT2D eigenvalue weighted by atomic mass is 9.89. The first-order valence-corrected chi connectivity index (χ1v) is 12.7. The minimum Gasteiger partial charge on any atom is -0.457 e. The number of carbonyl (C=O) groups excluding carboxylic acids is 2. The van der Waals surface area contributed by atoms with Crippen LogP contribution in [0.15, 0.2) is 109 Å². The number of nitrogens with zero attached hydrogens (tertiary/aromatic N) is 2. The van der Waals surface area contributed by atoms with E-state index in [1.807, 2.05) is 121 Å². The lowest BCUT2D eigenvalue weighted by molar-refractivity contribution is -0.118. The summed E-state index contributed by atoms with van der Waals surface area (Å²) in [5, 5.41) is 0. The van der Waals surface area contributed by atoms with Gasteiger partial charge in [0.2, 0.25) is 5.91 Å². The number of hydrogen-bond donors (Lipinski definition) is 0. The number of para-hydroxylation sites is 3. The number of ether oxygens (including phenoxy) is 1. The molecule has 4 aromatic carbocycles. The smallest absolute Gasteiger partial charge is 0.258 e. The van der Waals surface area contributed by atoms with Crippen molar-refractivity contribution in [2.24, 2.45) is 0 Å². The van der Waals surface area contributed by atoms with Crippen LogP contribution >= 0.6 is 0 Å².